The molecule has 0 aromatic heterocycles. The van der Waals surface area contributed by atoms with Gasteiger partial charge in [0.2, 0.25) is 5.91 Å². The molecule has 0 aliphatic rings. The number of primary amides is 1. The Kier molecular flexibility index (Phi) is 6.51. The fourth-order valence-corrected chi connectivity index (χ4v) is 1.29. The summed E-state index contributed by atoms with van der Waals surface area (Å²) >= 11 is 0. The van der Waals surface area contributed by atoms with Crippen LogP contribution in [0.15, 0.2) is 24.3 Å². The minimum Gasteiger partial charge on any atom is -0.382 e. The SMILES string of the molecule is COCCOCONC(=O)c1ccccc1C(N)=O. The quantitative estimate of drug-likeness (QED) is 0.395. The molecule has 1 aromatic carbocycles. The van der Waals surface area contributed by atoms with E-state index in [0.717, 1.165) is 0 Å². The van der Waals surface area contributed by atoms with Crippen LogP contribution in [0.25, 0.3) is 0 Å². The molecule has 0 saturated heterocycles. The second-order valence-corrected chi connectivity index (χ2v) is 3.50. The summed E-state index contributed by atoms with van der Waals surface area (Å²) in [6.07, 6.45) is 0. The van der Waals surface area contributed by atoms with Gasteiger partial charge in [0.1, 0.15) is 0 Å². The van der Waals surface area contributed by atoms with Crippen molar-refractivity contribution in [1.29, 1.82) is 0 Å². The summed E-state index contributed by atoms with van der Waals surface area (Å²) in [5.41, 5.74) is 7.60. The summed E-state index contributed by atoms with van der Waals surface area (Å²) in [5, 5.41) is 0. The summed E-state index contributed by atoms with van der Waals surface area (Å²) in [7, 11) is 1.55. The van der Waals surface area contributed by atoms with E-state index in [1.165, 1.54) is 12.1 Å². The van der Waals surface area contributed by atoms with Gasteiger partial charge in [-0.2, -0.15) is 0 Å². The molecule has 0 fully saturated rings. The Hall–Kier alpha value is -1.96. The number of carbonyl (C=O) groups is 2. The van der Waals surface area contributed by atoms with Crippen LogP contribution in [0.4, 0.5) is 0 Å². The Labute approximate surface area is 110 Å². The second kappa shape index (κ2) is 8.20. The first-order valence-corrected chi connectivity index (χ1v) is 5.54. The molecule has 19 heavy (non-hydrogen) atoms. The van der Waals surface area contributed by atoms with Gasteiger partial charge in [0.25, 0.3) is 5.91 Å². The molecule has 3 N–H and O–H groups in total. The van der Waals surface area contributed by atoms with Crippen LogP contribution in [0.5, 0.6) is 0 Å². The van der Waals surface area contributed by atoms with Crippen molar-refractivity contribution in [2.75, 3.05) is 27.1 Å². The molecular weight excluding hydrogens is 252 g/mol. The Morgan fingerprint density at radius 1 is 1.21 bits per heavy atom. The maximum absolute atomic E-state index is 11.7. The maximum Gasteiger partial charge on any atom is 0.275 e. The van der Waals surface area contributed by atoms with Crippen LogP contribution in [-0.4, -0.2) is 38.9 Å². The number of ether oxygens (including phenoxy) is 2. The number of hydrogen-bond donors (Lipinski definition) is 2. The van der Waals surface area contributed by atoms with Gasteiger partial charge in [0.05, 0.1) is 24.3 Å². The van der Waals surface area contributed by atoms with Crippen molar-refractivity contribution in [3.05, 3.63) is 35.4 Å². The van der Waals surface area contributed by atoms with E-state index >= 15 is 0 Å². The molecule has 0 radical (unpaired) electrons. The van der Waals surface area contributed by atoms with Crippen molar-refractivity contribution in [3.63, 3.8) is 0 Å². The van der Waals surface area contributed by atoms with Crippen LogP contribution in [0, 0.1) is 0 Å². The van der Waals surface area contributed by atoms with Gasteiger partial charge < -0.3 is 15.2 Å². The molecule has 7 heteroatoms. The van der Waals surface area contributed by atoms with Crippen LogP contribution >= 0.6 is 0 Å². The van der Waals surface area contributed by atoms with E-state index in [4.69, 9.17) is 20.0 Å². The largest absolute Gasteiger partial charge is 0.382 e. The van der Waals surface area contributed by atoms with Crippen molar-refractivity contribution >= 4 is 11.8 Å². The van der Waals surface area contributed by atoms with E-state index in [1.807, 2.05) is 0 Å². The first kappa shape index (κ1) is 15.1. The minimum atomic E-state index is -0.679. The number of methoxy groups -OCH3 is 1. The predicted molar refractivity (Wildman–Crippen MR) is 66.2 cm³/mol. The minimum absolute atomic E-state index is 0.117. The molecule has 0 saturated carbocycles. The topological polar surface area (TPSA) is 99.9 Å². The first-order chi connectivity index (χ1) is 9.16. The molecule has 2 amide bonds. The average molecular weight is 268 g/mol. The number of amides is 2. The number of nitrogens with two attached hydrogens (primary N) is 1. The number of nitrogens with one attached hydrogen (secondary N) is 1. The van der Waals surface area contributed by atoms with E-state index in [0.29, 0.717) is 13.2 Å². The fourth-order valence-electron chi connectivity index (χ4n) is 1.29. The lowest BCUT2D eigenvalue weighted by molar-refractivity contribution is -0.0959. The molecule has 0 bridgehead atoms. The number of carbonyl (C=O) groups excluding carboxylic acids is 2. The first-order valence-electron chi connectivity index (χ1n) is 5.54. The zero-order valence-corrected chi connectivity index (χ0v) is 10.5. The zero-order valence-electron chi connectivity index (χ0n) is 10.5. The van der Waals surface area contributed by atoms with Crippen molar-refractivity contribution < 1.29 is 23.9 Å². The lowest BCUT2D eigenvalue weighted by Crippen LogP contribution is -2.28. The molecule has 1 rings (SSSR count). The van der Waals surface area contributed by atoms with Crippen LogP contribution in [-0.2, 0) is 14.3 Å². The van der Waals surface area contributed by atoms with E-state index in [9.17, 15) is 9.59 Å². The van der Waals surface area contributed by atoms with E-state index < -0.39 is 11.8 Å². The van der Waals surface area contributed by atoms with E-state index in [-0.39, 0.29) is 17.9 Å². The van der Waals surface area contributed by atoms with Gasteiger partial charge in [-0.15, -0.1) is 0 Å². The molecule has 0 aliphatic heterocycles. The molecule has 0 spiro atoms. The molecule has 0 atom stereocenters. The normalized spacial score (nSPS) is 10.2. The Balaban J connectivity index is 2.43. The van der Waals surface area contributed by atoms with Crippen molar-refractivity contribution in [2.45, 2.75) is 0 Å². The monoisotopic (exact) mass is 268 g/mol. The molecule has 7 nitrogen and oxygen atoms in total. The zero-order chi connectivity index (χ0) is 14.1. The highest BCUT2D eigenvalue weighted by molar-refractivity contribution is 6.06. The summed E-state index contributed by atoms with van der Waals surface area (Å²) in [5.74, 6) is -1.24. The molecule has 0 heterocycles. The van der Waals surface area contributed by atoms with Crippen LogP contribution in [0.2, 0.25) is 0 Å². The van der Waals surface area contributed by atoms with E-state index in [2.05, 4.69) is 5.48 Å². The highest BCUT2D eigenvalue weighted by atomic mass is 16.8. The fraction of sp³-hybridized carbons (Fsp3) is 0.333. The van der Waals surface area contributed by atoms with Crippen molar-refractivity contribution in [3.8, 4) is 0 Å². The van der Waals surface area contributed by atoms with Crippen LogP contribution in [0.3, 0.4) is 0 Å². The number of hydroxylamine groups is 1. The number of benzene rings is 1. The van der Waals surface area contributed by atoms with Gasteiger partial charge >= 0.3 is 0 Å². The third-order valence-electron chi connectivity index (χ3n) is 2.18. The third-order valence-corrected chi connectivity index (χ3v) is 2.18. The highest BCUT2D eigenvalue weighted by Crippen LogP contribution is 2.07. The number of rotatable bonds is 8. The Morgan fingerprint density at radius 2 is 1.89 bits per heavy atom. The summed E-state index contributed by atoms with van der Waals surface area (Å²) in [6.45, 7) is 0.667. The van der Waals surface area contributed by atoms with Gasteiger partial charge in [-0.1, -0.05) is 12.1 Å². The summed E-state index contributed by atoms with van der Waals surface area (Å²) in [4.78, 5) is 27.7. The summed E-state index contributed by atoms with van der Waals surface area (Å²) in [6, 6.07) is 6.18. The average Bonchev–Trinajstić information content (AvgIpc) is 2.42. The predicted octanol–water partition coefficient (Wildman–Crippen LogP) is 0.0674. The Bertz CT molecular complexity index is 436. The van der Waals surface area contributed by atoms with Gasteiger partial charge in [0, 0.05) is 7.11 Å². The smallest absolute Gasteiger partial charge is 0.275 e. The van der Waals surface area contributed by atoms with Crippen molar-refractivity contribution in [2.24, 2.45) is 5.73 Å². The van der Waals surface area contributed by atoms with Crippen LogP contribution < -0.4 is 11.2 Å². The number of hydrogen-bond acceptors (Lipinski definition) is 5. The molecule has 0 unspecified atom stereocenters. The highest BCUT2D eigenvalue weighted by Gasteiger charge is 2.14. The van der Waals surface area contributed by atoms with Crippen molar-refractivity contribution in [1.82, 2.24) is 5.48 Å². The lowest BCUT2D eigenvalue weighted by Gasteiger charge is -2.08. The summed E-state index contributed by atoms with van der Waals surface area (Å²) < 4.78 is 9.75. The molecule has 0 aliphatic carbocycles. The maximum atomic E-state index is 11.7. The van der Waals surface area contributed by atoms with Gasteiger partial charge in [-0.25, -0.2) is 10.3 Å². The van der Waals surface area contributed by atoms with E-state index in [1.54, 1.807) is 19.2 Å². The molecule has 1 aromatic rings. The standard InChI is InChI=1S/C12H16N2O5/c1-17-6-7-18-8-19-14-12(16)10-5-3-2-4-9(10)11(13)15/h2-5H,6-8H2,1H3,(H2,13,15)(H,14,16). The molecular formula is C12H16N2O5. The third kappa shape index (κ3) is 5.04. The molecule has 104 valence electrons. The van der Waals surface area contributed by atoms with Gasteiger partial charge in [0.15, 0.2) is 6.79 Å². The Morgan fingerprint density at radius 3 is 2.53 bits per heavy atom. The van der Waals surface area contributed by atoms with Crippen LogP contribution in [0.1, 0.15) is 20.7 Å². The lowest BCUT2D eigenvalue weighted by atomic mass is 10.1. The second-order valence-electron chi connectivity index (χ2n) is 3.50. The van der Waals surface area contributed by atoms with Gasteiger partial charge in [-0.3, -0.25) is 9.59 Å². The van der Waals surface area contributed by atoms with Gasteiger partial charge in [-0.05, 0) is 12.1 Å².